The van der Waals surface area contributed by atoms with Crippen LogP contribution in [0.1, 0.15) is 11.5 Å². The lowest BCUT2D eigenvalue weighted by Crippen LogP contribution is -2.39. The summed E-state index contributed by atoms with van der Waals surface area (Å²) in [6, 6.07) is 6.64. The second kappa shape index (κ2) is 3.83. The molecule has 80 valence electrons. The van der Waals surface area contributed by atoms with Gasteiger partial charge in [0.1, 0.15) is 0 Å². The molecule has 0 amide bonds. The summed E-state index contributed by atoms with van der Waals surface area (Å²) in [5.74, 6) is 0.703. The summed E-state index contributed by atoms with van der Waals surface area (Å²) in [5, 5.41) is 8.76. The van der Waals surface area contributed by atoms with Crippen LogP contribution in [0.5, 0.6) is 0 Å². The normalized spacial score (nSPS) is 16.1. The number of nitrogens with zero attached hydrogens (tertiary/aromatic N) is 2. The topological polar surface area (TPSA) is 29.9 Å². The number of aromatic nitrogens is 2. The minimum absolute atomic E-state index is 0. The number of halogens is 1. The summed E-state index contributed by atoms with van der Waals surface area (Å²) in [6.07, 6.45) is 1.91. The van der Waals surface area contributed by atoms with Gasteiger partial charge in [-0.1, -0.05) is 12.1 Å². The molecule has 1 aliphatic rings. The van der Waals surface area contributed by atoms with Crippen LogP contribution in [0.25, 0.3) is 10.9 Å². The van der Waals surface area contributed by atoms with Crippen LogP contribution in [0.3, 0.4) is 0 Å². The largest absolute Gasteiger partial charge is 0.315 e. The highest BCUT2D eigenvalue weighted by Gasteiger charge is 2.19. The molecule has 3 rings (SSSR count). The Kier molecular flexibility index (Phi) is 2.67. The van der Waals surface area contributed by atoms with E-state index in [4.69, 9.17) is 0 Å². The van der Waals surface area contributed by atoms with Crippen LogP contribution >= 0.6 is 12.4 Å². The lowest BCUT2D eigenvalue weighted by molar-refractivity contribution is 0.448. The number of aryl methyl sites for hydroxylation is 1. The molecule has 0 aliphatic carbocycles. The molecule has 1 aromatic carbocycles. The van der Waals surface area contributed by atoms with Gasteiger partial charge in [0.05, 0.1) is 11.7 Å². The van der Waals surface area contributed by atoms with Gasteiger partial charge >= 0.3 is 0 Å². The Morgan fingerprint density at radius 1 is 1.40 bits per heavy atom. The van der Waals surface area contributed by atoms with Crippen molar-refractivity contribution in [2.75, 3.05) is 13.1 Å². The van der Waals surface area contributed by atoms with Crippen LogP contribution in [0, 0.1) is 0 Å². The van der Waals surface area contributed by atoms with Gasteiger partial charge in [0, 0.05) is 31.4 Å². The summed E-state index contributed by atoms with van der Waals surface area (Å²) in [4.78, 5) is 0. The van der Waals surface area contributed by atoms with E-state index < -0.39 is 0 Å². The molecule has 1 aromatic heterocycles. The van der Waals surface area contributed by atoms with E-state index >= 15 is 0 Å². The number of fused-ring (bicyclic) bond motifs is 1. The Morgan fingerprint density at radius 2 is 2.20 bits per heavy atom. The maximum atomic E-state index is 4.24. The lowest BCUT2D eigenvalue weighted by atomic mass is 9.93. The van der Waals surface area contributed by atoms with E-state index in [1.54, 1.807) is 0 Å². The van der Waals surface area contributed by atoms with Crippen molar-refractivity contribution in [2.24, 2.45) is 7.05 Å². The number of hydrogen-bond acceptors (Lipinski definition) is 2. The first-order valence-electron chi connectivity index (χ1n) is 4.97. The summed E-state index contributed by atoms with van der Waals surface area (Å²) < 4.78 is 1.94. The Labute approximate surface area is 94.9 Å². The quantitative estimate of drug-likeness (QED) is 0.798. The zero-order chi connectivity index (χ0) is 9.54. The number of hydrogen-bond donors (Lipinski definition) is 1. The molecule has 0 bridgehead atoms. The second-order valence-corrected chi connectivity index (χ2v) is 3.94. The first-order valence-corrected chi connectivity index (χ1v) is 4.97. The highest BCUT2D eigenvalue weighted by molar-refractivity contribution is 5.85. The van der Waals surface area contributed by atoms with Crippen molar-refractivity contribution in [3.63, 3.8) is 0 Å². The van der Waals surface area contributed by atoms with Crippen molar-refractivity contribution in [2.45, 2.75) is 5.92 Å². The van der Waals surface area contributed by atoms with E-state index in [0.29, 0.717) is 5.92 Å². The Morgan fingerprint density at radius 3 is 2.87 bits per heavy atom. The van der Waals surface area contributed by atoms with E-state index in [9.17, 15) is 0 Å². The summed E-state index contributed by atoms with van der Waals surface area (Å²) in [7, 11) is 1.99. The van der Waals surface area contributed by atoms with Gasteiger partial charge in [0.15, 0.2) is 0 Å². The molecular weight excluding hydrogens is 210 g/mol. The molecule has 0 radical (unpaired) electrons. The van der Waals surface area contributed by atoms with E-state index in [-0.39, 0.29) is 12.4 Å². The average Bonchev–Trinajstić information content (AvgIpc) is 2.45. The van der Waals surface area contributed by atoms with Crippen LogP contribution in [0.15, 0.2) is 24.4 Å². The van der Waals surface area contributed by atoms with Crippen molar-refractivity contribution in [1.82, 2.24) is 15.1 Å². The molecule has 1 saturated heterocycles. The van der Waals surface area contributed by atoms with E-state index in [1.165, 1.54) is 16.5 Å². The predicted molar refractivity (Wildman–Crippen MR) is 63.6 cm³/mol. The fourth-order valence-corrected chi connectivity index (χ4v) is 1.94. The minimum atomic E-state index is 0. The van der Waals surface area contributed by atoms with Gasteiger partial charge in [-0.3, -0.25) is 4.68 Å². The van der Waals surface area contributed by atoms with Gasteiger partial charge < -0.3 is 5.32 Å². The Bertz CT molecular complexity index is 474. The molecule has 4 heteroatoms. The average molecular weight is 224 g/mol. The molecule has 1 aliphatic heterocycles. The van der Waals surface area contributed by atoms with Crippen LogP contribution in [0.2, 0.25) is 0 Å². The third-order valence-corrected chi connectivity index (χ3v) is 3.03. The van der Waals surface area contributed by atoms with E-state index in [2.05, 4.69) is 28.6 Å². The van der Waals surface area contributed by atoms with Gasteiger partial charge in [0.2, 0.25) is 0 Å². The van der Waals surface area contributed by atoms with Gasteiger partial charge in [-0.2, -0.15) is 5.10 Å². The minimum Gasteiger partial charge on any atom is -0.315 e. The molecule has 0 unspecified atom stereocenters. The van der Waals surface area contributed by atoms with Gasteiger partial charge in [-0.25, -0.2) is 0 Å². The molecule has 2 aromatic rings. The summed E-state index contributed by atoms with van der Waals surface area (Å²) in [6.45, 7) is 2.23. The number of rotatable bonds is 1. The zero-order valence-corrected chi connectivity index (χ0v) is 9.42. The van der Waals surface area contributed by atoms with Crippen molar-refractivity contribution >= 4 is 23.3 Å². The molecule has 15 heavy (non-hydrogen) atoms. The third-order valence-electron chi connectivity index (χ3n) is 3.03. The molecule has 0 saturated carbocycles. The van der Waals surface area contributed by atoms with Crippen LogP contribution in [0.4, 0.5) is 0 Å². The van der Waals surface area contributed by atoms with Gasteiger partial charge in [-0.15, -0.1) is 12.4 Å². The maximum Gasteiger partial charge on any atom is 0.0681 e. The molecule has 2 heterocycles. The molecule has 1 fully saturated rings. The fourth-order valence-electron chi connectivity index (χ4n) is 1.94. The zero-order valence-electron chi connectivity index (χ0n) is 8.60. The highest BCUT2D eigenvalue weighted by Crippen LogP contribution is 2.23. The maximum absolute atomic E-state index is 4.24. The van der Waals surface area contributed by atoms with Crippen LogP contribution in [-0.2, 0) is 7.05 Å². The second-order valence-electron chi connectivity index (χ2n) is 3.94. The summed E-state index contributed by atoms with van der Waals surface area (Å²) in [5.41, 5.74) is 2.66. The standard InChI is InChI=1S/C11H13N3.ClH/c1-14-11-4-8(10-5-12-6-10)2-3-9(11)7-13-14;/h2-4,7,10,12H,5-6H2,1H3;1H. The first-order chi connectivity index (χ1) is 6.84. The van der Waals surface area contributed by atoms with E-state index in [1.807, 2.05) is 17.9 Å². The third kappa shape index (κ3) is 1.62. The Balaban J connectivity index is 0.000000853. The van der Waals surface area contributed by atoms with Crippen LogP contribution < -0.4 is 5.32 Å². The number of benzene rings is 1. The van der Waals surface area contributed by atoms with E-state index in [0.717, 1.165) is 13.1 Å². The molecule has 3 nitrogen and oxygen atoms in total. The predicted octanol–water partition coefficient (Wildman–Crippen LogP) is 1.68. The smallest absolute Gasteiger partial charge is 0.0681 e. The lowest BCUT2D eigenvalue weighted by Gasteiger charge is -2.27. The van der Waals surface area contributed by atoms with Crippen molar-refractivity contribution < 1.29 is 0 Å². The number of nitrogens with one attached hydrogen (secondary N) is 1. The molecule has 1 N–H and O–H groups in total. The van der Waals surface area contributed by atoms with Crippen molar-refractivity contribution in [3.8, 4) is 0 Å². The van der Waals surface area contributed by atoms with Crippen molar-refractivity contribution in [3.05, 3.63) is 30.0 Å². The highest BCUT2D eigenvalue weighted by atomic mass is 35.5. The van der Waals surface area contributed by atoms with Crippen LogP contribution in [-0.4, -0.2) is 22.9 Å². The van der Waals surface area contributed by atoms with Gasteiger partial charge in [0.25, 0.3) is 0 Å². The fraction of sp³-hybridized carbons (Fsp3) is 0.364. The van der Waals surface area contributed by atoms with Crippen molar-refractivity contribution in [1.29, 1.82) is 0 Å². The van der Waals surface area contributed by atoms with Gasteiger partial charge in [-0.05, 0) is 11.6 Å². The monoisotopic (exact) mass is 223 g/mol. The molecular formula is C11H14ClN3. The Hall–Kier alpha value is -1.06. The molecule has 0 atom stereocenters. The summed E-state index contributed by atoms with van der Waals surface area (Å²) >= 11 is 0. The SMILES string of the molecule is Cl.Cn1ncc2ccc(C3CNC3)cc21. The molecule has 0 spiro atoms. The first kappa shape index (κ1) is 10.5.